The molecule has 0 spiro atoms. The minimum Gasteiger partial charge on any atom is -0.300 e. The normalized spacial score (nSPS) is 21.5. The maximum atomic E-state index is 4.57. The van der Waals surface area contributed by atoms with Crippen LogP contribution in [0.3, 0.4) is 0 Å². The van der Waals surface area contributed by atoms with Crippen molar-refractivity contribution in [2.75, 3.05) is 19.6 Å². The Morgan fingerprint density at radius 3 is 2.60 bits per heavy atom. The molecule has 5 nitrogen and oxygen atoms in total. The molecule has 1 saturated heterocycles. The van der Waals surface area contributed by atoms with Crippen LogP contribution in [0, 0.1) is 5.92 Å². The van der Waals surface area contributed by atoms with Crippen molar-refractivity contribution in [2.45, 2.75) is 84.0 Å². The minimum atomic E-state index is 0.410. The molecule has 2 fully saturated rings. The Kier molecular flexibility index (Phi) is 7.56. The van der Waals surface area contributed by atoms with E-state index in [0.29, 0.717) is 6.04 Å². The molecule has 3 heterocycles. The second-order valence-corrected chi connectivity index (χ2v) is 9.75. The van der Waals surface area contributed by atoms with Gasteiger partial charge in [-0.25, -0.2) is 0 Å². The Hall–Kier alpha value is -1.72. The highest BCUT2D eigenvalue weighted by molar-refractivity contribution is 5.10. The summed E-state index contributed by atoms with van der Waals surface area (Å²) in [6.07, 6.45) is 18.0. The lowest BCUT2D eigenvalue weighted by Gasteiger charge is -2.41. The van der Waals surface area contributed by atoms with Crippen LogP contribution in [0.5, 0.6) is 0 Å². The van der Waals surface area contributed by atoms with E-state index in [1.54, 1.807) is 0 Å². The van der Waals surface area contributed by atoms with E-state index in [9.17, 15) is 0 Å². The number of nitrogens with zero attached hydrogens (tertiary/aromatic N) is 5. The largest absolute Gasteiger partial charge is 0.300 e. The van der Waals surface area contributed by atoms with Gasteiger partial charge in [0.15, 0.2) is 0 Å². The van der Waals surface area contributed by atoms with E-state index < -0.39 is 0 Å². The van der Waals surface area contributed by atoms with Gasteiger partial charge < -0.3 is 4.90 Å². The van der Waals surface area contributed by atoms with E-state index in [-0.39, 0.29) is 0 Å². The van der Waals surface area contributed by atoms with E-state index in [1.165, 1.54) is 69.2 Å². The summed E-state index contributed by atoms with van der Waals surface area (Å²) in [5, 5.41) is 4.57. The summed E-state index contributed by atoms with van der Waals surface area (Å²) in [4.78, 5) is 9.79. The number of piperidine rings is 1. The molecule has 0 amide bonds. The molecule has 0 bridgehead atoms. The molecule has 1 saturated carbocycles. The lowest BCUT2D eigenvalue weighted by atomic mass is 9.90. The van der Waals surface area contributed by atoms with Gasteiger partial charge in [0.2, 0.25) is 0 Å². The Morgan fingerprint density at radius 2 is 1.87 bits per heavy atom. The van der Waals surface area contributed by atoms with Crippen molar-refractivity contribution in [1.29, 1.82) is 0 Å². The standard InChI is InChI=1S/C25H39N5/c1-21(2)30-20-24(15-27-30)18-28(16-22-8-6-12-26-14-22)17-23-9-7-13-29(19-23)25-10-4-3-5-11-25/h6,8,12,14-15,20-21,23,25H,3-5,7,9-11,13,16-19H2,1-2H3/t23-/m0/s1. The number of likely N-dealkylation sites (tertiary alicyclic amines) is 1. The van der Waals surface area contributed by atoms with Gasteiger partial charge in [0.05, 0.1) is 6.20 Å². The Balaban J connectivity index is 1.41. The summed E-state index contributed by atoms with van der Waals surface area (Å²) in [5.41, 5.74) is 2.61. The maximum Gasteiger partial charge on any atom is 0.0534 e. The zero-order chi connectivity index (χ0) is 20.8. The molecule has 164 valence electrons. The third-order valence-electron chi connectivity index (χ3n) is 6.88. The molecule has 5 heteroatoms. The molecule has 0 unspecified atom stereocenters. The van der Waals surface area contributed by atoms with Crippen LogP contribution in [-0.4, -0.2) is 50.2 Å². The van der Waals surface area contributed by atoms with Crippen LogP contribution in [0.2, 0.25) is 0 Å². The molecular formula is C25H39N5. The van der Waals surface area contributed by atoms with Crippen molar-refractivity contribution >= 4 is 0 Å². The van der Waals surface area contributed by atoms with Gasteiger partial charge in [0.1, 0.15) is 0 Å². The minimum absolute atomic E-state index is 0.410. The van der Waals surface area contributed by atoms with Crippen molar-refractivity contribution < 1.29 is 0 Å². The van der Waals surface area contributed by atoms with Crippen LogP contribution in [-0.2, 0) is 13.1 Å². The fourth-order valence-corrected chi connectivity index (χ4v) is 5.32. The first kappa shape index (κ1) is 21.5. The maximum absolute atomic E-state index is 4.57. The summed E-state index contributed by atoms with van der Waals surface area (Å²) in [7, 11) is 0. The average molecular weight is 410 g/mol. The molecule has 1 aliphatic heterocycles. The molecule has 2 aliphatic rings. The first-order valence-corrected chi connectivity index (χ1v) is 12.1. The number of rotatable bonds is 8. The van der Waals surface area contributed by atoms with E-state index in [0.717, 1.165) is 31.6 Å². The van der Waals surface area contributed by atoms with Crippen molar-refractivity contribution in [3.8, 4) is 0 Å². The molecule has 0 N–H and O–H groups in total. The van der Waals surface area contributed by atoms with Crippen molar-refractivity contribution in [3.05, 3.63) is 48.0 Å². The lowest BCUT2D eigenvalue weighted by Crippen LogP contribution is -2.46. The highest BCUT2D eigenvalue weighted by Crippen LogP contribution is 2.28. The second kappa shape index (κ2) is 10.5. The number of hydrogen-bond donors (Lipinski definition) is 0. The van der Waals surface area contributed by atoms with Crippen molar-refractivity contribution in [2.24, 2.45) is 5.92 Å². The fourth-order valence-electron chi connectivity index (χ4n) is 5.32. The number of pyridine rings is 1. The summed E-state index contributed by atoms with van der Waals surface area (Å²) < 4.78 is 2.07. The lowest BCUT2D eigenvalue weighted by molar-refractivity contribution is 0.0771. The number of hydrogen-bond acceptors (Lipinski definition) is 4. The molecule has 1 atom stereocenters. The van der Waals surface area contributed by atoms with E-state index in [2.05, 4.69) is 56.7 Å². The van der Waals surface area contributed by atoms with Crippen molar-refractivity contribution in [3.63, 3.8) is 0 Å². The zero-order valence-electron chi connectivity index (χ0n) is 18.9. The highest BCUT2D eigenvalue weighted by Gasteiger charge is 2.28. The third kappa shape index (κ3) is 5.92. The smallest absolute Gasteiger partial charge is 0.0534 e. The molecule has 2 aromatic rings. The molecule has 0 radical (unpaired) electrons. The van der Waals surface area contributed by atoms with Crippen LogP contribution in [0.1, 0.15) is 76.0 Å². The SMILES string of the molecule is CC(C)n1cc(CN(Cc2cccnc2)C[C@@H]2CCCN(C3CCCCC3)C2)cn1. The molecule has 4 rings (SSSR count). The van der Waals surface area contributed by atoms with Gasteiger partial charge in [-0.15, -0.1) is 0 Å². The van der Waals surface area contributed by atoms with Crippen LogP contribution in [0.15, 0.2) is 36.9 Å². The first-order valence-electron chi connectivity index (χ1n) is 12.1. The molecule has 2 aromatic heterocycles. The Labute approximate surface area is 182 Å². The predicted molar refractivity (Wildman–Crippen MR) is 122 cm³/mol. The second-order valence-electron chi connectivity index (χ2n) is 9.75. The van der Waals surface area contributed by atoms with Gasteiger partial charge in [0, 0.05) is 62.4 Å². The number of aromatic nitrogens is 3. The summed E-state index contributed by atoms with van der Waals surface area (Å²) in [5.74, 6) is 0.762. The zero-order valence-corrected chi connectivity index (χ0v) is 18.9. The fraction of sp³-hybridized carbons (Fsp3) is 0.680. The molecular weight excluding hydrogens is 370 g/mol. The van der Waals surface area contributed by atoms with Gasteiger partial charge in [0.25, 0.3) is 0 Å². The topological polar surface area (TPSA) is 37.2 Å². The van der Waals surface area contributed by atoms with Gasteiger partial charge in [-0.1, -0.05) is 25.3 Å². The van der Waals surface area contributed by atoms with E-state index in [4.69, 9.17) is 0 Å². The predicted octanol–water partition coefficient (Wildman–Crippen LogP) is 4.91. The van der Waals surface area contributed by atoms with Gasteiger partial charge >= 0.3 is 0 Å². The Morgan fingerprint density at radius 1 is 1.03 bits per heavy atom. The third-order valence-corrected chi connectivity index (χ3v) is 6.88. The first-order chi connectivity index (χ1) is 14.7. The summed E-state index contributed by atoms with van der Waals surface area (Å²) in [6.45, 7) is 10.0. The summed E-state index contributed by atoms with van der Waals surface area (Å²) >= 11 is 0. The Bertz CT molecular complexity index is 750. The van der Waals surface area contributed by atoms with E-state index in [1.807, 2.05) is 18.6 Å². The van der Waals surface area contributed by atoms with E-state index >= 15 is 0 Å². The van der Waals surface area contributed by atoms with Crippen LogP contribution < -0.4 is 0 Å². The molecule has 0 aromatic carbocycles. The van der Waals surface area contributed by atoms with Gasteiger partial charge in [-0.2, -0.15) is 5.10 Å². The van der Waals surface area contributed by atoms with Crippen LogP contribution in [0.25, 0.3) is 0 Å². The molecule has 1 aliphatic carbocycles. The van der Waals surface area contributed by atoms with Crippen molar-refractivity contribution in [1.82, 2.24) is 24.6 Å². The molecule has 30 heavy (non-hydrogen) atoms. The van der Waals surface area contributed by atoms with Crippen LogP contribution in [0.4, 0.5) is 0 Å². The summed E-state index contributed by atoms with van der Waals surface area (Å²) in [6, 6.07) is 5.51. The monoisotopic (exact) mass is 409 g/mol. The average Bonchev–Trinajstić information content (AvgIpc) is 3.24. The van der Waals surface area contributed by atoms with Gasteiger partial charge in [-0.05, 0) is 63.6 Å². The van der Waals surface area contributed by atoms with Gasteiger partial charge in [-0.3, -0.25) is 14.6 Å². The quantitative estimate of drug-likeness (QED) is 0.621. The highest BCUT2D eigenvalue weighted by atomic mass is 15.3. The van der Waals surface area contributed by atoms with Crippen LogP contribution >= 0.6 is 0 Å².